The first-order valence-electron chi connectivity index (χ1n) is 6.77. The summed E-state index contributed by atoms with van der Waals surface area (Å²) in [6, 6.07) is 6.18. The number of aromatic nitrogens is 3. The molecule has 2 N–H and O–H groups in total. The molecule has 1 aliphatic heterocycles. The van der Waals surface area contributed by atoms with Crippen LogP contribution in [0.15, 0.2) is 36.7 Å². The third-order valence-corrected chi connectivity index (χ3v) is 3.36. The number of hydrogen-bond donors (Lipinski definition) is 2. The van der Waals surface area contributed by atoms with Crippen LogP contribution < -0.4 is 5.32 Å². The lowest BCUT2D eigenvalue weighted by molar-refractivity contribution is -0.148. The monoisotopic (exact) mass is 302 g/mol. The summed E-state index contributed by atoms with van der Waals surface area (Å²) in [7, 11) is 0. The van der Waals surface area contributed by atoms with Gasteiger partial charge in [-0.05, 0) is 24.6 Å². The van der Waals surface area contributed by atoms with E-state index >= 15 is 0 Å². The van der Waals surface area contributed by atoms with Crippen LogP contribution in [0.1, 0.15) is 16.9 Å². The van der Waals surface area contributed by atoms with Gasteiger partial charge in [0.2, 0.25) is 0 Å². The first-order chi connectivity index (χ1) is 10.6. The molecule has 114 valence electrons. The minimum Gasteiger partial charge on any atom is -0.479 e. The van der Waals surface area contributed by atoms with Crippen LogP contribution in [0.4, 0.5) is 0 Å². The summed E-state index contributed by atoms with van der Waals surface area (Å²) in [6.07, 6.45) is 2.77. The van der Waals surface area contributed by atoms with Crippen LogP contribution in [0, 0.1) is 0 Å². The van der Waals surface area contributed by atoms with Crippen molar-refractivity contribution >= 4 is 11.9 Å². The summed E-state index contributed by atoms with van der Waals surface area (Å²) in [6.45, 7) is 0.308. The number of rotatable bonds is 4. The molecule has 8 heteroatoms. The SMILES string of the molecule is O=C(N[C@H]1CCO[C@H]1C(=O)O)c1cccc(-n2cccn2)n1. The van der Waals surface area contributed by atoms with Crippen molar-refractivity contribution in [2.45, 2.75) is 18.6 Å². The largest absolute Gasteiger partial charge is 0.479 e. The van der Waals surface area contributed by atoms with E-state index in [1.165, 1.54) is 4.68 Å². The van der Waals surface area contributed by atoms with Crippen LogP contribution in [-0.4, -0.2) is 50.5 Å². The highest BCUT2D eigenvalue weighted by molar-refractivity contribution is 5.93. The Hall–Kier alpha value is -2.74. The standard InChI is InChI=1S/C14H14N4O4/c19-13(17-9-5-8-22-12(9)14(20)21)10-3-1-4-11(16-10)18-7-2-6-15-18/h1-4,6-7,9,12H,5,8H2,(H,17,19)(H,20,21)/t9-,12+/m0/s1. The van der Waals surface area contributed by atoms with Gasteiger partial charge in [0, 0.05) is 19.0 Å². The summed E-state index contributed by atoms with van der Waals surface area (Å²) in [5.41, 5.74) is 0.198. The van der Waals surface area contributed by atoms with Gasteiger partial charge in [0.25, 0.3) is 5.91 Å². The van der Waals surface area contributed by atoms with Crippen LogP contribution >= 0.6 is 0 Å². The molecule has 0 saturated carbocycles. The van der Waals surface area contributed by atoms with E-state index in [1.807, 2.05) is 0 Å². The Balaban J connectivity index is 1.75. The Kier molecular flexibility index (Phi) is 3.84. The molecule has 2 aromatic heterocycles. The first-order valence-corrected chi connectivity index (χ1v) is 6.77. The summed E-state index contributed by atoms with van der Waals surface area (Å²) in [5, 5.41) is 15.7. The Morgan fingerprint density at radius 1 is 1.36 bits per heavy atom. The van der Waals surface area contributed by atoms with Gasteiger partial charge in [0.15, 0.2) is 11.9 Å². The van der Waals surface area contributed by atoms with Crippen LogP contribution in [0.3, 0.4) is 0 Å². The predicted molar refractivity (Wildman–Crippen MR) is 74.6 cm³/mol. The van der Waals surface area contributed by atoms with Crippen LogP contribution in [0.5, 0.6) is 0 Å². The Labute approximate surface area is 125 Å². The number of carboxylic acids is 1. The molecule has 3 rings (SSSR count). The smallest absolute Gasteiger partial charge is 0.334 e. The number of ether oxygens (including phenoxy) is 1. The van der Waals surface area contributed by atoms with Crippen LogP contribution in [0.2, 0.25) is 0 Å². The summed E-state index contributed by atoms with van der Waals surface area (Å²) >= 11 is 0. The van der Waals surface area contributed by atoms with E-state index in [-0.39, 0.29) is 5.69 Å². The fourth-order valence-electron chi connectivity index (χ4n) is 2.30. The number of carbonyl (C=O) groups excluding carboxylic acids is 1. The molecule has 0 unspecified atom stereocenters. The summed E-state index contributed by atoms with van der Waals surface area (Å²) < 4.78 is 6.63. The first kappa shape index (κ1) is 14.2. The van der Waals surface area contributed by atoms with E-state index in [0.717, 1.165) is 0 Å². The van der Waals surface area contributed by atoms with Crippen molar-refractivity contribution in [3.63, 3.8) is 0 Å². The fourth-order valence-corrected chi connectivity index (χ4v) is 2.30. The van der Waals surface area contributed by atoms with E-state index in [1.54, 1.807) is 36.7 Å². The average Bonchev–Trinajstić information content (AvgIpc) is 3.18. The third kappa shape index (κ3) is 2.82. The maximum absolute atomic E-state index is 12.2. The number of pyridine rings is 1. The zero-order valence-corrected chi connectivity index (χ0v) is 11.5. The van der Waals surface area contributed by atoms with E-state index in [0.29, 0.717) is 18.8 Å². The molecule has 0 bridgehead atoms. The van der Waals surface area contributed by atoms with Crippen molar-refractivity contribution in [2.75, 3.05) is 6.61 Å². The van der Waals surface area contributed by atoms with Gasteiger partial charge in [-0.1, -0.05) is 6.07 Å². The molecule has 1 amide bonds. The number of carboxylic acid groups (broad SMARTS) is 1. The fraction of sp³-hybridized carbons (Fsp3) is 0.286. The molecule has 0 radical (unpaired) electrons. The van der Waals surface area contributed by atoms with Crippen molar-refractivity contribution in [3.05, 3.63) is 42.4 Å². The van der Waals surface area contributed by atoms with Gasteiger partial charge in [0.1, 0.15) is 5.69 Å². The van der Waals surface area contributed by atoms with Gasteiger partial charge >= 0.3 is 5.97 Å². The number of nitrogens with one attached hydrogen (secondary N) is 1. The molecule has 1 saturated heterocycles. The molecule has 0 spiro atoms. The van der Waals surface area contributed by atoms with Crippen molar-refractivity contribution in [2.24, 2.45) is 0 Å². The van der Waals surface area contributed by atoms with Gasteiger partial charge in [-0.15, -0.1) is 0 Å². The molecule has 22 heavy (non-hydrogen) atoms. The predicted octanol–water partition coefficient (Wildman–Crippen LogP) is 0.239. The molecule has 3 heterocycles. The molecule has 1 fully saturated rings. The van der Waals surface area contributed by atoms with E-state index in [9.17, 15) is 9.59 Å². The van der Waals surface area contributed by atoms with E-state index in [4.69, 9.17) is 9.84 Å². The number of nitrogens with zero attached hydrogens (tertiary/aromatic N) is 3. The highest BCUT2D eigenvalue weighted by atomic mass is 16.5. The minimum atomic E-state index is -1.08. The summed E-state index contributed by atoms with van der Waals surface area (Å²) in [5.74, 6) is -1.01. The molecule has 2 atom stereocenters. The molecule has 0 aromatic carbocycles. The van der Waals surface area contributed by atoms with Gasteiger partial charge < -0.3 is 15.2 Å². The highest BCUT2D eigenvalue weighted by Gasteiger charge is 2.35. The van der Waals surface area contributed by atoms with E-state index in [2.05, 4.69) is 15.4 Å². The minimum absolute atomic E-state index is 0.198. The van der Waals surface area contributed by atoms with Crippen molar-refractivity contribution < 1.29 is 19.4 Å². The van der Waals surface area contributed by atoms with Crippen LogP contribution in [-0.2, 0) is 9.53 Å². The molecular weight excluding hydrogens is 288 g/mol. The zero-order valence-electron chi connectivity index (χ0n) is 11.5. The summed E-state index contributed by atoms with van der Waals surface area (Å²) in [4.78, 5) is 27.5. The van der Waals surface area contributed by atoms with Gasteiger partial charge in [-0.3, -0.25) is 4.79 Å². The molecule has 1 aliphatic rings. The lowest BCUT2D eigenvalue weighted by atomic mass is 10.1. The number of amides is 1. The third-order valence-electron chi connectivity index (χ3n) is 3.36. The Morgan fingerprint density at radius 3 is 2.95 bits per heavy atom. The Morgan fingerprint density at radius 2 is 2.23 bits per heavy atom. The second-order valence-corrected chi connectivity index (χ2v) is 4.83. The number of hydrogen-bond acceptors (Lipinski definition) is 5. The normalized spacial score (nSPS) is 20.7. The topological polar surface area (TPSA) is 106 Å². The van der Waals surface area contributed by atoms with Crippen LogP contribution in [0.25, 0.3) is 5.82 Å². The van der Waals surface area contributed by atoms with Gasteiger partial charge in [0.05, 0.1) is 6.04 Å². The van der Waals surface area contributed by atoms with Gasteiger partial charge in [-0.25, -0.2) is 14.5 Å². The van der Waals surface area contributed by atoms with Gasteiger partial charge in [-0.2, -0.15) is 5.10 Å². The molecule has 8 nitrogen and oxygen atoms in total. The Bertz CT molecular complexity index is 686. The highest BCUT2D eigenvalue weighted by Crippen LogP contribution is 2.14. The lowest BCUT2D eigenvalue weighted by Gasteiger charge is -2.16. The second-order valence-electron chi connectivity index (χ2n) is 4.83. The average molecular weight is 302 g/mol. The lowest BCUT2D eigenvalue weighted by Crippen LogP contribution is -2.44. The van der Waals surface area contributed by atoms with Crippen molar-refractivity contribution in [1.29, 1.82) is 0 Å². The maximum Gasteiger partial charge on any atom is 0.334 e. The van der Waals surface area contributed by atoms with Crippen molar-refractivity contribution in [3.8, 4) is 5.82 Å². The zero-order chi connectivity index (χ0) is 15.5. The quantitative estimate of drug-likeness (QED) is 0.838. The number of carbonyl (C=O) groups is 2. The van der Waals surface area contributed by atoms with E-state index < -0.39 is 24.0 Å². The molecule has 0 aliphatic carbocycles. The van der Waals surface area contributed by atoms with Crippen molar-refractivity contribution in [1.82, 2.24) is 20.1 Å². The molecule has 2 aromatic rings. The second kappa shape index (κ2) is 5.94. The molecular formula is C14H14N4O4. The maximum atomic E-state index is 12.2. The number of aliphatic carboxylic acids is 1.